The average molecular weight is 295 g/mol. The zero-order valence-corrected chi connectivity index (χ0v) is 12.3. The Labute approximate surface area is 127 Å². The molecule has 0 spiro atoms. The number of H-pyrrole nitrogens is 1. The van der Waals surface area contributed by atoms with Gasteiger partial charge in [-0.3, -0.25) is 9.48 Å². The number of fused-ring (bicyclic) bond motifs is 1. The average Bonchev–Trinajstić information content (AvgIpc) is 3.10. The van der Waals surface area contributed by atoms with Crippen molar-refractivity contribution in [2.45, 2.75) is 6.42 Å². The number of para-hydroxylation sites is 2. The van der Waals surface area contributed by atoms with Crippen molar-refractivity contribution in [3.63, 3.8) is 0 Å². The van der Waals surface area contributed by atoms with Crippen molar-refractivity contribution in [2.75, 3.05) is 6.54 Å². The van der Waals surface area contributed by atoms with Crippen LogP contribution in [0.1, 0.15) is 11.4 Å². The largest absolute Gasteiger partial charge is 0.352 e. The number of amides is 1. The van der Waals surface area contributed by atoms with Gasteiger partial charge in [-0.15, -0.1) is 0 Å². The molecule has 1 aromatic carbocycles. The highest BCUT2D eigenvalue weighted by Gasteiger charge is 2.02. The summed E-state index contributed by atoms with van der Waals surface area (Å²) < 4.78 is 1.69. The van der Waals surface area contributed by atoms with E-state index in [1.54, 1.807) is 17.0 Å². The number of rotatable bonds is 5. The van der Waals surface area contributed by atoms with Crippen LogP contribution in [0.4, 0.5) is 0 Å². The van der Waals surface area contributed by atoms with Crippen LogP contribution in [0.25, 0.3) is 17.1 Å². The molecule has 0 aliphatic rings. The van der Waals surface area contributed by atoms with E-state index in [4.69, 9.17) is 0 Å². The number of nitrogens with zero attached hydrogens (tertiary/aromatic N) is 3. The summed E-state index contributed by atoms with van der Waals surface area (Å²) in [6, 6.07) is 7.87. The molecule has 3 rings (SSSR count). The first kappa shape index (κ1) is 14.1. The first-order chi connectivity index (χ1) is 10.7. The number of aromatic nitrogens is 4. The second-order valence-corrected chi connectivity index (χ2v) is 5.02. The zero-order valence-electron chi connectivity index (χ0n) is 12.3. The Morgan fingerprint density at radius 1 is 1.41 bits per heavy atom. The molecule has 0 aliphatic carbocycles. The van der Waals surface area contributed by atoms with E-state index >= 15 is 0 Å². The Hall–Kier alpha value is -2.89. The highest BCUT2D eigenvalue weighted by Crippen LogP contribution is 2.10. The van der Waals surface area contributed by atoms with Crippen LogP contribution in [0.2, 0.25) is 0 Å². The van der Waals surface area contributed by atoms with E-state index < -0.39 is 0 Å². The monoisotopic (exact) mass is 295 g/mol. The van der Waals surface area contributed by atoms with Gasteiger partial charge in [0.25, 0.3) is 0 Å². The lowest BCUT2D eigenvalue weighted by Crippen LogP contribution is -2.23. The van der Waals surface area contributed by atoms with Gasteiger partial charge in [-0.1, -0.05) is 12.1 Å². The number of hydrogen-bond donors (Lipinski definition) is 2. The van der Waals surface area contributed by atoms with Crippen LogP contribution in [0.5, 0.6) is 0 Å². The Balaban J connectivity index is 1.50. The number of benzene rings is 1. The summed E-state index contributed by atoms with van der Waals surface area (Å²) in [6.45, 7) is 0.538. The summed E-state index contributed by atoms with van der Waals surface area (Å²) in [5.41, 5.74) is 2.86. The van der Waals surface area contributed by atoms with Gasteiger partial charge in [0, 0.05) is 37.8 Å². The van der Waals surface area contributed by atoms with Crippen molar-refractivity contribution in [1.29, 1.82) is 0 Å². The molecule has 0 unspecified atom stereocenters. The highest BCUT2D eigenvalue weighted by molar-refractivity contribution is 5.91. The Bertz CT molecular complexity index is 782. The molecule has 6 nitrogen and oxygen atoms in total. The quantitative estimate of drug-likeness (QED) is 0.703. The van der Waals surface area contributed by atoms with Gasteiger partial charge in [-0.25, -0.2) is 4.98 Å². The molecule has 0 fully saturated rings. The van der Waals surface area contributed by atoms with Crippen LogP contribution in [0.3, 0.4) is 0 Å². The number of imidazole rings is 1. The fraction of sp³-hybridized carbons (Fsp3) is 0.188. The van der Waals surface area contributed by atoms with Crippen LogP contribution in [-0.2, 0) is 18.3 Å². The van der Waals surface area contributed by atoms with Crippen LogP contribution in [0.15, 0.2) is 42.7 Å². The van der Waals surface area contributed by atoms with Gasteiger partial charge in [0.15, 0.2) is 0 Å². The van der Waals surface area contributed by atoms with E-state index in [-0.39, 0.29) is 5.91 Å². The van der Waals surface area contributed by atoms with Crippen molar-refractivity contribution < 1.29 is 4.79 Å². The van der Waals surface area contributed by atoms with Gasteiger partial charge in [-0.05, 0) is 18.2 Å². The fourth-order valence-corrected chi connectivity index (χ4v) is 2.19. The number of hydrogen-bond acceptors (Lipinski definition) is 3. The maximum absolute atomic E-state index is 11.7. The van der Waals surface area contributed by atoms with Crippen LogP contribution in [0, 0.1) is 0 Å². The van der Waals surface area contributed by atoms with Gasteiger partial charge < -0.3 is 10.3 Å². The topological polar surface area (TPSA) is 75.6 Å². The molecule has 2 heterocycles. The molecule has 2 N–H and O–H groups in total. The summed E-state index contributed by atoms with van der Waals surface area (Å²) >= 11 is 0. The van der Waals surface area contributed by atoms with Crippen molar-refractivity contribution >= 4 is 23.0 Å². The lowest BCUT2D eigenvalue weighted by molar-refractivity contribution is -0.116. The Morgan fingerprint density at radius 2 is 2.27 bits per heavy atom. The smallest absolute Gasteiger partial charge is 0.244 e. The maximum atomic E-state index is 11.7. The van der Waals surface area contributed by atoms with Gasteiger partial charge in [-0.2, -0.15) is 5.10 Å². The van der Waals surface area contributed by atoms with E-state index in [1.165, 1.54) is 6.08 Å². The normalized spacial score (nSPS) is 11.3. The third-order valence-corrected chi connectivity index (χ3v) is 3.25. The summed E-state index contributed by atoms with van der Waals surface area (Å²) in [4.78, 5) is 19.4. The lowest BCUT2D eigenvalue weighted by atomic mass is 10.3. The molecule has 6 heteroatoms. The van der Waals surface area contributed by atoms with Crippen LogP contribution >= 0.6 is 0 Å². The minimum atomic E-state index is -0.125. The predicted molar refractivity (Wildman–Crippen MR) is 85.0 cm³/mol. The molecule has 1 amide bonds. The summed E-state index contributed by atoms with van der Waals surface area (Å²) in [5, 5.41) is 6.88. The molecule has 2 aromatic heterocycles. The predicted octanol–water partition coefficient (Wildman–Crippen LogP) is 1.67. The molecule has 0 radical (unpaired) electrons. The molecule has 0 saturated carbocycles. The third kappa shape index (κ3) is 3.41. The number of carbonyl (C=O) groups is 1. The van der Waals surface area contributed by atoms with Crippen molar-refractivity contribution in [3.8, 4) is 0 Å². The van der Waals surface area contributed by atoms with Gasteiger partial charge in [0.05, 0.1) is 17.2 Å². The van der Waals surface area contributed by atoms with Gasteiger partial charge >= 0.3 is 0 Å². The van der Waals surface area contributed by atoms with Crippen LogP contribution < -0.4 is 5.32 Å². The summed E-state index contributed by atoms with van der Waals surface area (Å²) in [6.07, 6.45) is 7.47. The van der Waals surface area contributed by atoms with Crippen molar-refractivity contribution in [1.82, 2.24) is 25.1 Å². The molecule has 0 aliphatic heterocycles. The molecule has 112 valence electrons. The van der Waals surface area contributed by atoms with E-state index in [0.29, 0.717) is 13.0 Å². The molecular formula is C16H17N5O. The lowest BCUT2D eigenvalue weighted by Gasteiger charge is -1.99. The standard InChI is InChI=1S/C16H17N5O/c1-21-11-12(10-18-21)6-7-16(22)17-9-8-15-19-13-4-2-3-5-14(13)20-15/h2-7,10-11H,8-9H2,1H3,(H,17,22)(H,19,20). The molecule has 3 aromatic rings. The van der Waals surface area contributed by atoms with Gasteiger partial charge in [0.2, 0.25) is 5.91 Å². The molecule has 0 bridgehead atoms. The van der Waals surface area contributed by atoms with E-state index in [1.807, 2.05) is 37.5 Å². The van der Waals surface area contributed by atoms with E-state index in [2.05, 4.69) is 20.4 Å². The van der Waals surface area contributed by atoms with E-state index in [0.717, 1.165) is 22.4 Å². The second-order valence-electron chi connectivity index (χ2n) is 5.02. The van der Waals surface area contributed by atoms with E-state index in [9.17, 15) is 4.79 Å². The van der Waals surface area contributed by atoms with Gasteiger partial charge in [0.1, 0.15) is 5.82 Å². The minimum Gasteiger partial charge on any atom is -0.352 e. The maximum Gasteiger partial charge on any atom is 0.244 e. The van der Waals surface area contributed by atoms with Crippen molar-refractivity contribution in [3.05, 3.63) is 54.1 Å². The first-order valence-electron chi connectivity index (χ1n) is 7.09. The number of aromatic amines is 1. The SMILES string of the molecule is Cn1cc(C=CC(=O)NCCc2nc3ccccc3[nH]2)cn1. The van der Waals surface area contributed by atoms with Crippen LogP contribution in [-0.4, -0.2) is 32.2 Å². The summed E-state index contributed by atoms with van der Waals surface area (Å²) in [7, 11) is 1.84. The minimum absolute atomic E-state index is 0.125. The molecular weight excluding hydrogens is 278 g/mol. The number of aryl methyl sites for hydroxylation is 1. The summed E-state index contributed by atoms with van der Waals surface area (Å²) in [5.74, 6) is 0.748. The molecule has 0 saturated heterocycles. The molecule has 22 heavy (non-hydrogen) atoms. The zero-order chi connectivity index (χ0) is 15.4. The first-order valence-corrected chi connectivity index (χ1v) is 7.09. The third-order valence-electron chi connectivity index (χ3n) is 3.25. The second kappa shape index (κ2) is 6.26. The Kier molecular flexibility index (Phi) is 4.00. The Morgan fingerprint density at radius 3 is 3.05 bits per heavy atom. The fourth-order valence-electron chi connectivity index (χ4n) is 2.19. The number of carbonyl (C=O) groups excluding carboxylic acids is 1. The molecule has 0 atom stereocenters. The highest BCUT2D eigenvalue weighted by atomic mass is 16.1. The number of nitrogens with one attached hydrogen (secondary N) is 2. The van der Waals surface area contributed by atoms with Crippen molar-refractivity contribution in [2.24, 2.45) is 7.05 Å².